The Morgan fingerprint density at radius 2 is 2.11 bits per heavy atom. The predicted molar refractivity (Wildman–Crippen MR) is 71.7 cm³/mol. The number of anilines is 1. The van der Waals surface area contributed by atoms with Crippen molar-refractivity contribution in [1.82, 2.24) is 9.97 Å². The van der Waals surface area contributed by atoms with Crippen LogP contribution < -0.4 is 15.8 Å². The molecule has 0 saturated heterocycles. The molecule has 0 atom stereocenters. The van der Waals surface area contributed by atoms with Crippen LogP contribution in [0.25, 0.3) is 0 Å². The first-order valence-corrected chi connectivity index (χ1v) is 6.60. The van der Waals surface area contributed by atoms with Gasteiger partial charge in [-0.3, -0.25) is 0 Å². The second-order valence-electron chi connectivity index (χ2n) is 5.22. The van der Waals surface area contributed by atoms with Crippen molar-refractivity contribution in [1.29, 1.82) is 0 Å². The number of nitrogens with zero attached hydrogens (tertiary/aromatic N) is 2. The molecule has 5 nitrogen and oxygen atoms in total. The summed E-state index contributed by atoms with van der Waals surface area (Å²) in [7, 11) is 0. The highest BCUT2D eigenvalue weighted by atomic mass is 16.5. The van der Waals surface area contributed by atoms with Crippen LogP contribution in [0, 0.1) is 0 Å². The Morgan fingerprint density at radius 1 is 1.39 bits per heavy atom. The van der Waals surface area contributed by atoms with E-state index in [0.29, 0.717) is 12.4 Å². The van der Waals surface area contributed by atoms with E-state index < -0.39 is 0 Å². The van der Waals surface area contributed by atoms with Crippen molar-refractivity contribution in [3.63, 3.8) is 0 Å². The zero-order valence-electron chi connectivity index (χ0n) is 11.1. The minimum atomic E-state index is 0.00343. The van der Waals surface area contributed by atoms with Crippen LogP contribution in [0.15, 0.2) is 12.4 Å². The average molecular weight is 250 g/mol. The van der Waals surface area contributed by atoms with Crippen LogP contribution in [0.3, 0.4) is 0 Å². The Kier molecular flexibility index (Phi) is 4.01. The lowest BCUT2D eigenvalue weighted by atomic mass is 9.98. The van der Waals surface area contributed by atoms with Gasteiger partial charge in [-0.1, -0.05) is 12.8 Å². The van der Waals surface area contributed by atoms with Gasteiger partial charge in [0.1, 0.15) is 12.1 Å². The summed E-state index contributed by atoms with van der Waals surface area (Å²) in [6, 6.07) is 1.84. The van der Waals surface area contributed by atoms with E-state index in [1.54, 1.807) is 0 Å². The lowest BCUT2D eigenvalue weighted by Gasteiger charge is -2.29. The van der Waals surface area contributed by atoms with Gasteiger partial charge in [-0.15, -0.1) is 0 Å². The van der Waals surface area contributed by atoms with Crippen LogP contribution in [-0.4, -0.2) is 28.2 Å². The molecule has 1 aromatic rings. The Labute approximate surface area is 108 Å². The summed E-state index contributed by atoms with van der Waals surface area (Å²) in [4.78, 5) is 8.34. The van der Waals surface area contributed by atoms with Gasteiger partial charge in [-0.2, -0.15) is 0 Å². The van der Waals surface area contributed by atoms with E-state index in [1.807, 2.05) is 19.9 Å². The molecule has 18 heavy (non-hydrogen) atoms. The fourth-order valence-corrected chi connectivity index (χ4v) is 2.42. The van der Waals surface area contributed by atoms with Crippen molar-refractivity contribution in [2.45, 2.75) is 51.2 Å². The Morgan fingerprint density at radius 3 is 2.72 bits per heavy atom. The van der Waals surface area contributed by atoms with E-state index in [-0.39, 0.29) is 11.6 Å². The molecule has 1 heterocycles. The van der Waals surface area contributed by atoms with E-state index in [2.05, 4.69) is 15.3 Å². The van der Waals surface area contributed by atoms with E-state index in [4.69, 9.17) is 10.5 Å². The van der Waals surface area contributed by atoms with Crippen LogP contribution in [0.5, 0.6) is 5.88 Å². The number of nitrogens with two attached hydrogens (primary N) is 1. The highest BCUT2D eigenvalue weighted by Crippen LogP contribution is 2.32. The number of hydrogen-bond acceptors (Lipinski definition) is 5. The van der Waals surface area contributed by atoms with Gasteiger partial charge in [0, 0.05) is 12.6 Å². The first-order chi connectivity index (χ1) is 8.63. The minimum Gasteiger partial charge on any atom is -0.475 e. The molecule has 0 aromatic carbocycles. The maximum absolute atomic E-state index is 5.90. The topological polar surface area (TPSA) is 73.1 Å². The third-order valence-electron chi connectivity index (χ3n) is 3.34. The van der Waals surface area contributed by atoms with Gasteiger partial charge >= 0.3 is 0 Å². The standard InChI is InChI=1S/C13H22N4O/c1-10(2)18-12-7-11(15-9-16-12)17-13(8-14)5-3-4-6-13/h7,9-10H,3-6,8,14H2,1-2H3,(H,15,16,17). The molecule has 1 aliphatic rings. The maximum Gasteiger partial charge on any atom is 0.218 e. The number of nitrogens with one attached hydrogen (secondary N) is 1. The average Bonchev–Trinajstić information content (AvgIpc) is 2.78. The van der Waals surface area contributed by atoms with Gasteiger partial charge in [0.15, 0.2) is 0 Å². The number of rotatable bonds is 5. The fourth-order valence-electron chi connectivity index (χ4n) is 2.42. The van der Waals surface area contributed by atoms with Crippen LogP contribution in [0.4, 0.5) is 5.82 Å². The first kappa shape index (κ1) is 13.1. The lowest BCUT2D eigenvalue weighted by Crippen LogP contribution is -2.43. The zero-order valence-corrected chi connectivity index (χ0v) is 11.1. The summed E-state index contributed by atoms with van der Waals surface area (Å²) in [6.07, 6.45) is 6.30. The monoisotopic (exact) mass is 250 g/mol. The molecule has 3 N–H and O–H groups in total. The fraction of sp³-hybridized carbons (Fsp3) is 0.692. The normalized spacial score (nSPS) is 18.0. The predicted octanol–water partition coefficient (Wildman–Crippen LogP) is 1.95. The number of aromatic nitrogens is 2. The zero-order chi connectivity index (χ0) is 13.0. The Balaban J connectivity index is 2.08. The van der Waals surface area contributed by atoms with Crippen LogP contribution >= 0.6 is 0 Å². The largest absolute Gasteiger partial charge is 0.475 e. The molecule has 1 saturated carbocycles. The van der Waals surface area contributed by atoms with Gasteiger partial charge in [-0.05, 0) is 26.7 Å². The third kappa shape index (κ3) is 3.10. The van der Waals surface area contributed by atoms with Gasteiger partial charge in [0.25, 0.3) is 0 Å². The molecule has 2 rings (SSSR count). The van der Waals surface area contributed by atoms with Gasteiger partial charge in [0.2, 0.25) is 5.88 Å². The van der Waals surface area contributed by atoms with Crippen molar-refractivity contribution in [3.8, 4) is 5.88 Å². The molecule has 1 aliphatic carbocycles. The second-order valence-corrected chi connectivity index (χ2v) is 5.22. The molecule has 0 bridgehead atoms. The summed E-state index contributed by atoms with van der Waals surface area (Å²) in [5.41, 5.74) is 5.90. The highest BCUT2D eigenvalue weighted by Gasteiger charge is 2.32. The molecule has 100 valence electrons. The number of ether oxygens (including phenoxy) is 1. The van der Waals surface area contributed by atoms with Gasteiger partial charge in [-0.25, -0.2) is 9.97 Å². The van der Waals surface area contributed by atoms with E-state index in [9.17, 15) is 0 Å². The lowest BCUT2D eigenvalue weighted by molar-refractivity contribution is 0.232. The molecule has 5 heteroatoms. The summed E-state index contributed by atoms with van der Waals surface area (Å²) >= 11 is 0. The third-order valence-corrected chi connectivity index (χ3v) is 3.34. The van der Waals surface area contributed by atoms with Gasteiger partial charge < -0.3 is 15.8 Å². The van der Waals surface area contributed by atoms with Crippen molar-refractivity contribution in [2.24, 2.45) is 5.73 Å². The second kappa shape index (κ2) is 5.52. The minimum absolute atomic E-state index is 0.00343. The van der Waals surface area contributed by atoms with Crippen LogP contribution in [0.1, 0.15) is 39.5 Å². The first-order valence-electron chi connectivity index (χ1n) is 6.60. The number of hydrogen-bond donors (Lipinski definition) is 2. The van der Waals surface area contributed by atoms with E-state index in [0.717, 1.165) is 18.7 Å². The molecule has 0 unspecified atom stereocenters. The SMILES string of the molecule is CC(C)Oc1cc(NC2(CN)CCCC2)ncn1. The van der Waals surface area contributed by atoms with Gasteiger partial charge in [0.05, 0.1) is 11.6 Å². The van der Waals surface area contributed by atoms with Crippen molar-refractivity contribution in [2.75, 3.05) is 11.9 Å². The molecule has 0 amide bonds. The summed E-state index contributed by atoms with van der Waals surface area (Å²) in [6.45, 7) is 4.60. The molecular formula is C13H22N4O. The quantitative estimate of drug-likeness (QED) is 0.835. The van der Waals surface area contributed by atoms with Crippen molar-refractivity contribution >= 4 is 5.82 Å². The molecular weight excluding hydrogens is 228 g/mol. The van der Waals surface area contributed by atoms with Crippen LogP contribution in [0.2, 0.25) is 0 Å². The van der Waals surface area contributed by atoms with E-state index in [1.165, 1.54) is 19.2 Å². The highest BCUT2D eigenvalue weighted by molar-refractivity contribution is 5.40. The summed E-state index contributed by atoms with van der Waals surface area (Å²) < 4.78 is 5.56. The van der Waals surface area contributed by atoms with Crippen molar-refractivity contribution in [3.05, 3.63) is 12.4 Å². The molecule has 0 radical (unpaired) electrons. The van der Waals surface area contributed by atoms with E-state index >= 15 is 0 Å². The Hall–Kier alpha value is -1.36. The Bertz CT molecular complexity index is 388. The summed E-state index contributed by atoms with van der Waals surface area (Å²) in [5.74, 6) is 1.40. The molecule has 0 spiro atoms. The van der Waals surface area contributed by atoms with Crippen LogP contribution in [-0.2, 0) is 0 Å². The van der Waals surface area contributed by atoms with Crippen molar-refractivity contribution < 1.29 is 4.74 Å². The molecule has 1 fully saturated rings. The molecule has 1 aromatic heterocycles. The smallest absolute Gasteiger partial charge is 0.218 e. The molecule has 0 aliphatic heterocycles. The summed E-state index contributed by atoms with van der Waals surface area (Å²) in [5, 5.41) is 3.46. The maximum atomic E-state index is 5.90.